The predicted molar refractivity (Wildman–Crippen MR) is 87.9 cm³/mol. The Kier molecular flexibility index (Phi) is 6.12. The van der Waals surface area contributed by atoms with Crippen molar-refractivity contribution in [2.75, 3.05) is 40.8 Å². The third kappa shape index (κ3) is 4.53. The number of nitrogens with one attached hydrogen (secondary N) is 1. The van der Waals surface area contributed by atoms with E-state index >= 15 is 0 Å². The standard InChI is InChI=1S/C17H25N3O3/c1-19(2)11-7-10-18-17(22)16-15(13-8-5-4-6-9-13)20(3)14(21)12-23-16/h4-6,8-9,15-16H,7,10-12H2,1-3H3,(H,18,22)/t15-,16+/m0/s1. The Morgan fingerprint density at radius 2 is 2.04 bits per heavy atom. The Hall–Kier alpha value is -1.92. The maximum Gasteiger partial charge on any atom is 0.251 e. The first-order chi connectivity index (χ1) is 11.0. The van der Waals surface area contributed by atoms with Gasteiger partial charge in [0, 0.05) is 13.6 Å². The molecule has 0 aliphatic carbocycles. The van der Waals surface area contributed by atoms with Gasteiger partial charge in [0.15, 0.2) is 6.10 Å². The molecule has 1 N–H and O–H groups in total. The number of benzene rings is 1. The van der Waals surface area contributed by atoms with Crippen LogP contribution in [-0.4, -0.2) is 68.6 Å². The van der Waals surface area contributed by atoms with E-state index in [9.17, 15) is 9.59 Å². The normalized spacial score (nSPS) is 21.6. The maximum atomic E-state index is 12.5. The second-order valence-electron chi connectivity index (χ2n) is 6.04. The van der Waals surface area contributed by atoms with E-state index in [0.717, 1.165) is 18.5 Å². The molecular weight excluding hydrogens is 294 g/mol. The first-order valence-corrected chi connectivity index (χ1v) is 7.85. The molecule has 6 heteroatoms. The Labute approximate surface area is 137 Å². The van der Waals surface area contributed by atoms with Gasteiger partial charge in [-0.25, -0.2) is 0 Å². The zero-order valence-corrected chi connectivity index (χ0v) is 14.0. The summed E-state index contributed by atoms with van der Waals surface area (Å²) in [5.41, 5.74) is 0.900. The van der Waals surface area contributed by atoms with Crippen LogP contribution in [0.25, 0.3) is 0 Å². The van der Waals surface area contributed by atoms with Gasteiger partial charge in [0.05, 0.1) is 6.04 Å². The first kappa shape index (κ1) is 17.4. The molecule has 0 saturated carbocycles. The minimum atomic E-state index is -0.681. The van der Waals surface area contributed by atoms with E-state index in [1.54, 1.807) is 11.9 Å². The third-order valence-corrected chi connectivity index (χ3v) is 3.96. The van der Waals surface area contributed by atoms with Gasteiger partial charge in [0.2, 0.25) is 5.91 Å². The van der Waals surface area contributed by atoms with Gasteiger partial charge in [-0.2, -0.15) is 0 Å². The Balaban J connectivity index is 2.05. The van der Waals surface area contributed by atoms with Crippen molar-refractivity contribution in [1.82, 2.24) is 15.1 Å². The van der Waals surface area contributed by atoms with Gasteiger partial charge >= 0.3 is 0 Å². The number of hydrogen-bond donors (Lipinski definition) is 1. The van der Waals surface area contributed by atoms with E-state index in [2.05, 4.69) is 10.2 Å². The van der Waals surface area contributed by atoms with Crippen molar-refractivity contribution in [2.24, 2.45) is 0 Å². The van der Waals surface area contributed by atoms with E-state index in [1.807, 2.05) is 44.4 Å². The molecule has 0 unspecified atom stereocenters. The van der Waals surface area contributed by atoms with Gasteiger partial charge in [0.25, 0.3) is 5.91 Å². The van der Waals surface area contributed by atoms with E-state index < -0.39 is 12.1 Å². The molecule has 1 aliphatic heterocycles. The summed E-state index contributed by atoms with van der Waals surface area (Å²) in [5.74, 6) is -0.285. The molecule has 1 saturated heterocycles. The molecule has 0 spiro atoms. The van der Waals surface area contributed by atoms with Crippen LogP contribution in [0.1, 0.15) is 18.0 Å². The molecule has 1 fully saturated rings. The van der Waals surface area contributed by atoms with Crippen molar-refractivity contribution in [3.8, 4) is 0 Å². The lowest BCUT2D eigenvalue weighted by molar-refractivity contribution is -0.162. The summed E-state index contributed by atoms with van der Waals surface area (Å²) in [6.07, 6.45) is 0.190. The minimum absolute atomic E-state index is 0.0599. The fourth-order valence-electron chi connectivity index (χ4n) is 2.69. The maximum absolute atomic E-state index is 12.5. The number of ether oxygens (including phenoxy) is 1. The first-order valence-electron chi connectivity index (χ1n) is 7.85. The molecule has 0 aromatic heterocycles. The topological polar surface area (TPSA) is 61.9 Å². The average molecular weight is 319 g/mol. The van der Waals surface area contributed by atoms with Gasteiger partial charge < -0.3 is 19.9 Å². The fraction of sp³-hybridized carbons (Fsp3) is 0.529. The molecular formula is C17H25N3O3. The lowest BCUT2D eigenvalue weighted by atomic mass is 9.97. The summed E-state index contributed by atoms with van der Waals surface area (Å²) < 4.78 is 5.55. The molecule has 6 nitrogen and oxygen atoms in total. The second kappa shape index (κ2) is 8.08. The molecule has 1 aromatic carbocycles. The SMILES string of the molecule is CN(C)CCCNC(=O)[C@@H]1OCC(=O)N(C)[C@H]1c1ccccc1. The second-order valence-corrected chi connectivity index (χ2v) is 6.04. The zero-order chi connectivity index (χ0) is 16.8. The van der Waals surface area contributed by atoms with Crippen molar-refractivity contribution in [3.05, 3.63) is 35.9 Å². The van der Waals surface area contributed by atoms with Crippen LogP contribution < -0.4 is 5.32 Å². The molecule has 23 heavy (non-hydrogen) atoms. The molecule has 0 bridgehead atoms. The van der Waals surface area contributed by atoms with Crippen LogP contribution in [0.3, 0.4) is 0 Å². The highest BCUT2D eigenvalue weighted by molar-refractivity contribution is 5.86. The minimum Gasteiger partial charge on any atom is -0.356 e. The zero-order valence-electron chi connectivity index (χ0n) is 14.0. The van der Waals surface area contributed by atoms with Gasteiger partial charge in [-0.15, -0.1) is 0 Å². The molecule has 1 heterocycles. The predicted octanol–water partition coefficient (Wildman–Crippen LogP) is 0.653. The summed E-state index contributed by atoms with van der Waals surface area (Å²) in [6, 6.07) is 9.13. The highest BCUT2D eigenvalue weighted by Crippen LogP contribution is 2.28. The number of amides is 2. The van der Waals surface area contributed by atoms with Crippen molar-refractivity contribution >= 4 is 11.8 Å². The smallest absolute Gasteiger partial charge is 0.251 e. The molecule has 2 rings (SSSR count). The van der Waals surface area contributed by atoms with Gasteiger partial charge in [-0.1, -0.05) is 30.3 Å². The van der Waals surface area contributed by atoms with Gasteiger partial charge in [-0.3, -0.25) is 9.59 Å². The van der Waals surface area contributed by atoms with E-state index in [-0.39, 0.29) is 18.4 Å². The number of hydrogen-bond acceptors (Lipinski definition) is 4. The molecule has 2 atom stereocenters. The molecule has 2 amide bonds. The lowest BCUT2D eigenvalue weighted by Gasteiger charge is -2.38. The monoisotopic (exact) mass is 319 g/mol. The highest BCUT2D eigenvalue weighted by Gasteiger charge is 2.39. The van der Waals surface area contributed by atoms with E-state index in [0.29, 0.717) is 6.54 Å². The number of carbonyl (C=O) groups excluding carboxylic acids is 2. The van der Waals surface area contributed by atoms with Crippen LogP contribution in [0.15, 0.2) is 30.3 Å². The number of morpholine rings is 1. The highest BCUT2D eigenvalue weighted by atomic mass is 16.5. The Bertz CT molecular complexity index is 533. The summed E-state index contributed by atoms with van der Waals surface area (Å²) in [7, 11) is 5.71. The van der Waals surface area contributed by atoms with Crippen LogP contribution in [0.2, 0.25) is 0 Å². The van der Waals surface area contributed by atoms with Crippen LogP contribution in [0.5, 0.6) is 0 Å². The number of nitrogens with zero attached hydrogens (tertiary/aromatic N) is 2. The largest absolute Gasteiger partial charge is 0.356 e. The lowest BCUT2D eigenvalue weighted by Crippen LogP contribution is -2.53. The van der Waals surface area contributed by atoms with Crippen molar-refractivity contribution < 1.29 is 14.3 Å². The summed E-state index contributed by atoms with van der Waals surface area (Å²) in [6.45, 7) is 1.44. The van der Waals surface area contributed by atoms with Crippen molar-refractivity contribution in [3.63, 3.8) is 0 Å². The molecule has 0 radical (unpaired) electrons. The average Bonchev–Trinajstić information content (AvgIpc) is 2.54. The Morgan fingerprint density at radius 3 is 2.70 bits per heavy atom. The van der Waals surface area contributed by atoms with E-state index in [1.165, 1.54) is 0 Å². The molecule has 126 valence electrons. The number of carbonyl (C=O) groups is 2. The quantitative estimate of drug-likeness (QED) is 0.782. The molecule has 1 aliphatic rings. The summed E-state index contributed by atoms with van der Waals surface area (Å²) >= 11 is 0. The fourth-order valence-corrected chi connectivity index (χ4v) is 2.69. The van der Waals surface area contributed by atoms with E-state index in [4.69, 9.17) is 4.74 Å². The van der Waals surface area contributed by atoms with Crippen LogP contribution in [0, 0.1) is 0 Å². The number of likely N-dealkylation sites (N-methyl/N-ethyl adjacent to an activating group) is 1. The van der Waals surface area contributed by atoms with Gasteiger partial charge in [-0.05, 0) is 32.6 Å². The molecule has 1 aromatic rings. The number of rotatable bonds is 6. The van der Waals surface area contributed by atoms with Crippen molar-refractivity contribution in [2.45, 2.75) is 18.6 Å². The Morgan fingerprint density at radius 1 is 1.35 bits per heavy atom. The summed E-state index contributed by atoms with van der Waals surface area (Å²) in [5, 5.41) is 2.91. The summed E-state index contributed by atoms with van der Waals surface area (Å²) in [4.78, 5) is 28.1. The van der Waals surface area contributed by atoms with Crippen molar-refractivity contribution in [1.29, 1.82) is 0 Å². The van der Waals surface area contributed by atoms with Crippen LogP contribution >= 0.6 is 0 Å². The third-order valence-electron chi connectivity index (χ3n) is 3.96. The van der Waals surface area contributed by atoms with Crippen LogP contribution in [0.4, 0.5) is 0 Å². The van der Waals surface area contributed by atoms with Gasteiger partial charge in [0.1, 0.15) is 6.61 Å². The van der Waals surface area contributed by atoms with Crippen LogP contribution in [-0.2, 0) is 14.3 Å².